The average molecular weight is 214 g/mol. The highest BCUT2D eigenvalue weighted by Crippen LogP contribution is 2.14. The Hall–Kier alpha value is -0.370. The number of halogens is 1. The Morgan fingerprint density at radius 3 is 2.45 bits per heavy atom. The maximum atomic E-state index is 4.18. The molecule has 0 spiro atoms. The number of rotatable bonds is 2. The zero-order chi connectivity index (χ0) is 8.27. The van der Waals surface area contributed by atoms with Gasteiger partial charge in [-0.2, -0.15) is 0 Å². The molecule has 11 heavy (non-hydrogen) atoms. The van der Waals surface area contributed by atoms with Crippen LogP contribution in [0.15, 0.2) is 16.9 Å². The molecule has 0 saturated carbocycles. The zero-order valence-electron chi connectivity index (χ0n) is 6.89. The molecule has 0 unspecified atom stereocenters. The van der Waals surface area contributed by atoms with Gasteiger partial charge in [-0.3, -0.25) is 0 Å². The Balaban J connectivity index is 3.06. The third-order valence-corrected chi connectivity index (χ3v) is 2.24. The van der Waals surface area contributed by atoms with Gasteiger partial charge >= 0.3 is 0 Å². The molecule has 0 amide bonds. The summed E-state index contributed by atoms with van der Waals surface area (Å²) in [4.78, 5) is 4.18. The normalized spacial score (nSPS) is 10.1. The minimum Gasteiger partial charge on any atom is -0.249 e. The molecular weight excluding hydrogens is 202 g/mol. The molecule has 0 radical (unpaired) electrons. The van der Waals surface area contributed by atoms with Crippen LogP contribution in [0.4, 0.5) is 0 Å². The quantitative estimate of drug-likeness (QED) is 0.689. The van der Waals surface area contributed by atoms with Gasteiger partial charge < -0.3 is 0 Å². The number of pyridine rings is 1. The lowest BCUT2D eigenvalue weighted by Crippen LogP contribution is -1.92. The van der Waals surface area contributed by atoms with Crippen LogP contribution in [0.5, 0.6) is 0 Å². The summed E-state index contributed by atoms with van der Waals surface area (Å²) in [7, 11) is 0. The third-order valence-electron chi connectivity index (χ3n) is 1.81. The molecule has 1 nitrogen and oxygen atoms in total. The molecule has 1 rings (SSSR count). The lowest BCUT2D eigenvalue weighted by molar-refractivity contribution is 1.00. The monoisotopic (exact) mass is 213 g/mol. The molecule has 0 aliphatic carbocycles. The minimum atomic E-state index is 0.937. The van der Waals surface area contributed by atoms with Gasteiger partial charge in [0.05, 0.1) is 0 Å². The zero-order valence-corrected chi connectivity index (χ0v) is 8.48. The van der Waals surface area contributed by atoms with E-state index >= 15 is 0 Å². The fourth-order valence-corrected chi connectivity index (χ4v) is 1.52. The fourth-order valence-electron chi connectivity index (χ4n) is 1.14. The molecule has 0 bridgehead atoms. The van der Waals surface area contributed by atoms with Gasteiger partial charge in [0.15, 0.2) is 0 Å². The van der Waals surface area contributed by atoms with Gasteiger partial charge in [0.1, 0.15) is 4.60 Å². The van der Waals surface area contributed by atoms with Crippen molar-refractivity contribution in [1.82, 2.24) is 4.98 Å². The first-order valence-electron chi connectivity index (χ1n) is 3.91. The summed E-state index contributed by atoms with van der Waals surface area (Å²) in [6, 6.07) is 2.10. The van der Waals surface area contributed by atoms with E-state index in [4.69, 9.17) is 0 Å². The Bertz CT molecular complexity index is 245. The number of aryl methyl sites for hydroxylation is 2. The first-order chi connectivity index (χ1) is 5.27. The van der Waals surface area contributed by atoms with Crippen LogP contribution in [0.2, 0.25) is 0 Å². The summed E-state index contributed by atoms with van der Waals surface area (Å²) in [6.45, 7) is 4.32. The largest absolute Gasteiger partial charge is 0.249 e. The summed E-state index contributed by atoms with van der Waals surface area (Å²) >= 11 is 3.36. The van der Waals surface area contributed by atoms with Crippen LogP contribution < -0.4 is 0 Å². The second kappa shape index (κ2) is 3.86. The highest BCUT2D eigenvalue weighted by Gasteiger charge is 1.98. The molecule has 0 saturated heterocycles. The lowest BCUT2D eigenvalue weighted by atomic mass is 10.1. The van der Waals surface area contributed by atoms with Gasteiger partial charge in [-0.15, -0.1) is 0 Å². The van der Waals surface area contributed by atoms with Crippen LogP contribution in [0.1, 0.15) is 25.0 Å². The second-order valence-corrected chi connectivity index (χ2v) is 3.30. The molecule has 60 valence electrons. The molecule has 1 aromatic heterocycles. The standard InChI is InChI=1S/C9H12BrN/c1-3-7-5-9(10)11-6-8(7)4-2/h5-6H,3-4H2,1-2H3. The van der Waals surface area contributed by atoms with Crippen molar-refractivity contribution < 1.29 is 0 Å². The van der Waals surface area contributed by atoms with Crippen molar-refractivity contribution in [3.05, 3.63) is 28.0 Å². The smallest absolute Gasteiger partial charge is 0.106 e. The van der Waals surface area contributed by atoms with E-state index in [0.717, 1.165) is 17.4 Å². The van der Waals surface area contributed by atoms with E-state index < -0.39 is 0 Å². The molecule has 0 aromatic carbocycles. The molecule has 0 aliphatic rings. The number of hydrogen-bond acceptors (Lipinski definition) is 1. The SMILES string of the molecule is CCc1cnc(Br)cc1CC. The van der Waals surface area contributed by atoms with Gasteiger partial charge in [0, 0.05) is 6.20 Å². The summed E-state index contributed by atoms with van der Waals surface area (Å²) < 4.78 is 0.937. The topological polar surface area (TPSA) is 12.9 Å². The number of aromatic nitrogens is 1. The first kappa shape index (κ1) is 8.72. The summed E-state index contributed by atoms with van der Waals surface area (Å²) in [6.07, 6.45) is 4.11. The Kier molecular flexibility index (Phi) is 3.06. The molecular formula is C9H12BrN. The van der Waals surface area contributed by atoms with Crippen molar-refractivity contribution >= 4 is 15.9 Å². The second-order valence-electron chi connectivity index (χ2n) is 2.48. The minimum absolute atomic E-state index is 0.937. The van der Waals surface area contributed by atoms with E-state index in [2.05, 4.69) is 40.8 Å². The molecule has 0 atom stereocenters. The number of hydrogen-bond donors (Lipinski definition) is 0. The fraction of sp³-hybridized carbons (Fsp3) is 0.444. The highest BCUT2D eigenvalue weighted by molar-refractivity contribution is 9.10. The van der Waals surface area contributed by atoms with Crippen LogP contribution in [-0.2, 0) is 12.8 Å². The molecule has 0 N–H and O–H groups in total. The van der Waals surface area contributed by atoms with Crippen molar-refractivity contribution in [2.45, 2.75) is 26.7 Å². The summed E-state index contributed by atoms with van der Waals surface area (Å²) in [5.74, 6) is 0. The van der Waals surface area contributed by atoms with E-state index in [1.54, 1.807) is 0 Å². The van der Waals surface area contributed by atoms with Gasteiger partial charge in [-0.05, 0) is 46.0 Å². The molecule has 1 heterocycles. The van der Waals surface area contributed by atoms with Gasteiger partial charge in [-0.25, -0.2) is 4.98 Å². The molecule has 2 heteroatoms. The van der Waals surface area contributed by atoms with Crippen LogP contribution in [0.3, 0.4) is 0 Å². The van der Waals surface area contributed by atoms with E-state index in [1.807, 2.05) is 6.20 Å². The first-order valence-corrected chi connectivity index (χ1v) is 4.70. The third kappa shape index (κ3) is 2.03. The van der Waals surface area contributed by atoms with E-state index in [1.165, 1.54) is 11.1 Å². The Labute approximate surface area is 76.0 Å². The predicted molar refractivity (Wildman–Crippen MR) is 50.7 cm³/mol. The van der Waals surface area contributed by atoms with Crippen LogP contribution in [-0.4, -0.2) is 4.98 Å². The maximum Gasteiger partial charge on any atom is 0.106 e. The lowest BCUT2D eigenvalue weighted by Gasteiger charge is -2.03. The van der Waals surface area contributed by atoms with Gasteiger partial charge in [-0.1, -0.05) is 13.8 Å². The van der Waals surface area contributed by atoms with Crippen molar-refractivity contribution in [1.29, 1.82) is 0 Å². The van der Waals surface area contributed by atoms with Gasteiger partial charge in [0.2, 0.25) is 0 Å². The van der Waals surface area contributed by atoms with E-state index in [9.17, 15) is 0 Å². The highest BCUT2D eigenvalue weighted by atomic mass is 79.9. The molecule has 1 aromatic rings. The van der Waals surface area contributed by atoms with Crippen molar-refractivity contribution in [3.63, 3.8) is 0 Å². The molecule has 0 fully saturated rings. The van der Waals surface area contributed by atoms with Crippen LogP contribution in [0, 0.1) is 0 Å². The van der Waals surface area contributed by atoms with E-state index in [-0.39, 0.29) is 0 Å². The van der Waals surface area contributed by atoms with Crippen molar-refractivity contribution in [2.75, 3.05) is 0 Å². The van der Waals surface area contributed by atoms with E-state index in [0.29, 0.717) is 0 Å². The Morgan fingerprint density at radius 1 is 1.27 bits per heavy atom. The maximum absolute atomic E-state index is 4.18. The van der Waals surface area contributed by atoms with Crippen LogP contribution >= 0.6 is 15.9 Å². The van der Waals surface area contributed by atoms with Crippen molar-refractivity contribution in [3.8, 4) is 0 Å². The number of nitrogens with zero attached hydrogens (tertiary/aromatic N) is 1. The Morgan fingerprint density at radius 2 is 1.91 bits per heavy atom. The predicted octanol–water partition coefficient (Wildman–Crippen LogP) is 2.97. The summed E-state index contributed by atoms with van der Waals surface area (Å²) in [5.41, 5.74) is 2.75. The van der Waals surface area contributed by atoms with Crippen molar-refractivity contribution in [2.24, 2.45) is 0 Å². The van der Waals surface area contributed by atoms with Gasteiger partial charge in [0.25, 0.3) is 0 Å². The molecule has 0 aliphatic heterocycles. The summed E-state index contributed by atoms with van der Waals surface area (Å²) in [5, 5.41) is 0. The average Bonchev–Trinajstić information content (AvgIpc) is 2.04. The van der Waals surface area contributed by atoms with Crippen LogP contribution in [0.25, 0.3) is 0 Å².